The first kappa shape index (κ1) is 17.1. The van der Waals surface area contributed by atoms with Gasteiger partial charge in [-0.25, -0.2) is 0 Å². The molecule has 3 heterocycles. The van der Waals surface area contributed by atoms with E-state index >= 15 is 0 Å². The Bertz CT molecular complexity index is 807. The van der Waals surface area contributed by atoms with Crippen LogP contribution in [-0.4, -0.2) is 38.4 Å². The number of pyridine rings is 1. The topological polar surface area (TPSA) is 91.0 Å². The quantitative estimate of drug-likeness (QED) is 0.820. The molecule has 1 fully saturated rings. The number of likely N-dealkylation sites (tertiary alicyclic amines) is 1. The zero-order valence-electron chi connectivity index (χ0n) is 15.0. The van der Waals surface area contributed by atoms with E-state index in [1.54, 1.807) is 11.0 Å². The number of nitrogens with one attached hydrogen (secondary N) is 2. The third-order valence-electron chi connectivity index (χ3n) is 4.70. The summed E-state index contributed by atoms with van der Waals surface area (Å²) in [5, 5.41) is 9.87. The van der Waals surface area contributed by atoms with Gasteiger partial charge in [0.05, 0.1) is 23.1 Å². The smallest absolute Gasteiger partial charge is 0.313 e. The molecule has 0 spiro atoms. The number of H-pyrrole nitrogens is 1. The molecule has 0 saturated carbocycles. The molecule has 0 aromatic carbocycles. The maximum atomic E-state index is 12.7. The predicted octanol–water partition coefficient (Wildman–Crippen LogP) is 2.34. The van der Waals surface area contributed by atoms with Crippen LogP contribution >= 0.6 is 0 Å². The average Bonchev–Trinajstić information content (AvgIpc) is 3.15. The largest absolute Gasteiger partial charge is 0.327 e. The van der Waals surface area contributed by atoms with E-state index in [0.717, 1.165) is 35.5 Å². The summed E-state index contributed by atoms with van der Waals surface area (Å²) >= 11 is 0. The molecule has 0 aliphatic carbocycles. The Morgan fingerprint density at radius 1 is 1.20 bits per heavy atom. The summed E-state index contributed by atoms with van der Waals surface area (Å²) < 4.78 is 0. The molecular formula is C18H23N5O2. The molecule has 25 heavy (non-hydrogen) atoms. The van der Waals surface area contributed by atoms with Crippen LogP contribution in [0.1, 0.15) is 47.2 Å². The second-order valence-electron chi connectivity index (χ2n) is 6.54. The summed E-state index contributed by atoms with van der Waals surface area (Å²) in [7, 11) is 0. The second-order valence-corrected chi connectivity index (χ2v) is 6.54. The number of carbonyl (C=O) groups excluding carboxylic acids is 2. The van der Waals surface area contributed by atoms with Crippen LogP contribution in [0.25, 0.3) is 0 Å². The number of nitrogens with zero attached hydrogens (tertiary/aromatic N) is 3. The summed E-state index contributed by atoms with van der Waals surface area (Å²) in [6, 6.07) is 3.48. The Morgan fingerprint density at radius 3 is 2.60 bits per heavy atom. The van der Waals surface area contributed by atoms with Crippen molar-refractivity contribution >= 4 is 17.5 Å². The molecule has 7 nitrogen and oxygen atoms in total. The van der Waals surface area contributed by atoms with Crippen molar-refractivity contribution in [2.24, 2.45) is 0 Å². The lowest BCUT2D eigenvalue weighted by molar-refractivity contribution is -0.143. The summed E-state index contributed by atoms with van der Waals surface area (Å²) in [5.41, 5.74) is 4.97. The molecule has 7 heteroatoms. The lowest BCUT2D eigenvalue weighted by Gasteiger charge is -2.24. The highest BCUT2D eigenvalue weighted by molar-refractivity contribution is 6.39. The Balaban J connectivity index is 1.78. The van der Waals surface area contributed by atoms with E-state index in [2.05, 4.69) is 20.5 Å². The minimum Gasteiger partial charge on any atom is -0.327 e. The van der Waals surface area contributed by atoms with E-state index in [1.165, 1.54) is 0 Å². The maximum Gasteiger partial charge on any atom is 0.313 e. The molecule has 0 radical (unpaired) electrons. The van der Waals surface area contributed by atoms with Gasteiger partial charge in [-0.2, -0.15) is 5.10 Å². The zero-order chi connectivity index (χ0) is 18.1. The van der Waals surface area contributed by atoms with Crippen LogP contribution in [0.4, 0.5) is 5.69 Å². The minimum atomic E-state index is -0.626. The van der Waals surface area contributed by atoms with Crippen LogP contribution in [0.15, 0.2) is 12.1 Å². The Kier molecular flexibility index (Phi) is 4.57. The van der Waals surface area contributed by atoms with Gasteiger partial charge in [-0.1, -0.05) is 0 Å². The molecule has 2 aromatic heterocycles. The van der Waals surface area contributed by atoms with Gasteiger partial charge >= 0.3 is 11.8 Å². The Labute approximate surface area is 146 Å². The standard InChI is InChI=1S/C18H23N5O2/c1-10-7-8-14(11(2)19-10)20-17(24)18(25)23-9-5-6-15(23)16-12(3)21-22-13(16)4/h7-8,15H,5-6,9H2,1-4H3,(H,20,24)(H,21,22)/t15-/m0/s1. The molecule has 0 bridgehead atoms. The van der Waals surface area contributed by atoms with E-state index in [9.17, 15) is 9.59 Å². The van der Waals surface area contributed by atoms with Gasteiger partial charge < -0.3 is 10.2 Å². The molecule has 3 rings (SSSR count). The SMILES string of the molecule is Cc1ccc(NC(=O)C(=O)N2CCC[C@H]2c2c(C)n[nH]c2C)c(C)n1. The molecule has 132 valence electrons. The highest BCUT2D eigenvalue weighted by atomic mass is 16.2. The Morgan fingerprint density at radius 2 is 1.96 bits per heavy atom. The van der Waals surface area contributed by atoms with Crippen LogP contribution in [0.5, 0.6) is 0 Å². The third-order valence-corrected chi connectivity index (χ3v) is 4.70. The van der Waals surface area contributed by atoms with E-state index in [-0.39, 0.29) is 6.04 Å². The van der Waals surface area contributed by atoms with Gasteiger partial charge in [-0.05, 0) is 52.7 Å². The van der Waals surface area contributed by atoms with Gasteiger partial charge in [0, 0.05) is 23.5 Å². The summed E-state index contributed by atoms with van der Waals surface area (Å²) in [4.78, 5) is 31.1. The minimum absolute atomic E-state index is 0.103. The first-order valence-corrected chi connectivity index (χ1v) is 8.46. The van der Waals surface area contributed by atoms with Gasteiger partial charge in [-0.15, -0.1) is 0 Å². The summed E-state index contributed by atoms with van der Waals surface area (Å²) in [6.45, 7) is 8.13. The molecule has 2 aromatic rings. The number of anilines is 1. The van der Waals surface area contributed by atoms with Crippen molar-refractivity contribution in [3.8, 4) is 0 Å². The fourth-order valence-corrected chi connectivity index (χ4v) is 3.49. The highest BCUT2D eigenvalue weighted by Crippen LogP contribution is 2.34. The number of aromatic amines is 1. The van der Waals surface area contributed by atoms with E-state index < -0.39 is 11.8 Å². The molecule has 2 N–H and O–H groups in total. The molecule has 0 unspecified atom stereocenters. The molecular weight excluding hydrogens is 318 g/mol. The lowest BCUT2D eigenvalue weighted by atomic mass is 10.0. The van der Waals surface area contributed by atoms with Crippen LogP contribution in [0, 0.1) is 27.7 Å². The van der Waals surface area contributed by atoms with Crippen LogP contribution in [-0.2, 0) is 9.59 Å². The van der Waals surface area contributed by atoms with Crippen molar-refractivity contribution in [3.05, 3.63) is 40.5 Å². The van der Waals surface area contributed by atoms with E-state index in [4.69, 9.17) is 0 Å². The van der Waals surface area contributed by atoms with Gasteiger partial charge in [-0.3, -0.25) is 19.7 Å². The zero-order valence-corrected chi connectivity index (χ0v) is 15.0. The summed E-state index contributed by atoms with van der Waals surface area (Å²) in [6.07, 6.45) is 1.71. The number of rotatable bonds is 2. The fraction of sp³-hybridized carbons (Fsp3) is 0.444. The van der Waals surface area contributed by atoms with Crippen LogP contribution < -0.4 is 5.32 Å². The maximum absolute atomic E-state index is 12.7. The molecule has 1 atom stereocenters. The number of aryl methyl sites for hydroxylation is 4. The fourth-order valence-electron chi connectivity index (χ4n) is 3.49. The summed E-state index contributed by atoms with van der Waals surface area (Å²) in [5.74, 6) is -1.14. The van der Waals surface area contributed by atoms with Gasteiger partial charge in [0.15, 0.2) is 0 Å². The van der Waals surface area contributed by atoms with E-state index in [0.29, 0.717) is 17.9 Å². The molecule has 1 saturated heterocycles. The first-order valence-electron chi connectivity index (χ1n) is 8.46. The van der Waals surface area contributed by atoms with Gasteiger partial charge in [0.2, 0.25) is 0 Å². The van der Waals surface area contributed by atoms with Crippen molar-refractivity contribution in [2.75, 3.05) is 11.9 Å². The number of amides is 2. The number of hydrogen-bond acceptors (Lipinski definition) is 4. The molecule has 2 amide bonds. The highest BCUT2D eigenvalue weighted by Gasteiger charge is 2.35. The van der Waals surface area contributed by atoms with Crippen LogP contribution in [0.2, 0.25) is 0 Å². The third kappa shape index (κ3) is 3.26. The number of hydrogen-bond donors (Lipinski definition) is 2. The lowest BCUT2D eigenvalue weighted by Crippen LogP contribution is -2.39. The monoisotopic (exact) mass is 341 g/mol. The number of carbonyl (C=O) groups is 2. The molecule has 1 aliphatic rings. The van der Waals surface area contributed by atoms with Crippen LogP contribution in [0.3, 0.4) is 0 Å². The van der Waals surface area contributed by atoms with Crippen molar-refractivity contribution in [3.63, 3.8) is 0 Å². The van der Waals surface area contributed by atoms with Crippen molar-refractivity contribution < 1.29 is 9.59 Å². The average molecular weight is 341 g/mol. The van der Waals surface area contributed by atoms with E-state index in [1.807, 2.05) is 33.8 Å². The van der Waals surface area contributed by atoms with Gasteiger partial charge in [0.25, 0.3) is 0 Å². The number of aromatic nitrogens is 3. The van der Waals surface area contributed by atoms with Crippen molar-refractivity contribution in [1.29, 1.82) is 0 Å². The van der Waals surface area contributed by atoms with Gasteiger partial charge in [0.1, 0.15) is 0 Å². The molecule has 1 aliphatic heterocycles. The normalized spacial score (nSPS) is 17.0. The second kappa shape index (κ2) is 6.66. The van der Waals surface area contributed by atoms with Crippen molar-refractivity contribution in [1.82, 2.24) is 20.1 Å². The predicted molar refractivity (Wildman–Crippen MR) is 94.1 cm³/mol. The first-order chi connectivity index (χ1) is 11.9. The van der Waals surface area contributed by atoms with Crippen molar-refractivity contribution in [2.45, 2.75) is 46.6 Å². The Hall–Kier alpha value is -2.70.